The lowest BCUT2D eigenvalue weighted by Crippen LogP contribution is -2.37. The fourth-order valence-corrected chi connectivity index (χ4v) is 1.54. The molecule has 7 nitrogen and oxygen atoms in total. The number of ether oxygens (including phenoxy) is 1. The highest BCUT2D eigenvalue weighted by molar-refractivity contribution is 5.92. The molecule has 0 aliphatic heterocycles. The predicted molar refractivity (Wildman–Crippen MR) is 66.7 cm³/mol. The van der Waals surface area contributed by atoms with Crippen LogP contribution in [0.15, 0.2) is 6.07 Å². The van der Waals surface area contributed by atoms with E-state index in [0.717, 1.165) is 0 Å². The van der Waals surface area contributed by atoms with Crippen molar-refractivity contribution in [1.82, 2.24) is 20.0 Å². The molecule has 1 heterocycles. The minimum atomic E-state index is -0.602. The lowest BCUT2D eigenvalue weighted by Gasteiger charge is -2.15. The Hall–Kier alpha value is -1.60. The molecule has 1 rings (SSSR count). The molecule has 1 aromatic rings. The van der Waals surface area contributed by atoms with Gasteiger partial charge < -0.3 is 20.1 Å². The molecule has 0 fully saturated rings. The van der Waals surface area contributed by atoms with Crippen molar-refractivity contribution in [2.24, 2.45) is 7.05 Å². The second kappa shape index (κ2) is 6.36. The van der Waals surface area contributed by atoms with Crippen LogP contribution in [0.25, 0.3) is 0 Å². The van der Waals surface area contributed by atoms with Gasteiger partial charge in [-0.3, -0.25) is 4.79 Å². The quantitative estimate of drug-likeness (QED) is 0.688. The minimum absolute atomic E-state index is 0.190. The van der Waals surface area contributed by atoms with Crippen LogP contribution in [0.3, 0.4) is 0 Å². The number of nitrogens with zero attached hydrogens (tertiary/aromatic N) is 3. The molecule has 0 radical (unpaired) electrons. The SMILES string of the molecule is COc1cc(C(=O)NCC(O)CN(C)C)nn1C. The largest absolute Gasteiger partial charge is 0.481 e. The van der Waals surface area contributed by atoms with Crippen molar-refractivity contribution < 1.29 is 14.6 Å². The van der Waals surface area contributed by atoms with Crippen LogP contribution in [-0.4, -0.2) is 66.1 Å². The highest BCUT2D eigenvalue weighted by Gasteiger charge is 2.14. The zero-order valence-electron chi connectivity index (χ0n) is 11.2. The number of carbonyl (C=O) groups excluding carboxylic acids is 1. The summed E-state index contributed by atoms with van der Waals surface area (Å²) in [6.45, 7) is 0.682. The first-order valence-corrected chi connectivity index (χ1v) is 5.63. The smallest absolute Gasteiger partial charge is 0.272 e. The van der Waals surface area contributed by atoms with Gasteiger partial charge in [-0.15, -0.1) is 0 Å². The fourth-order valence-electron chi connectivity index (χ4n) is 1.54. The third-order valence-corrected chi connectivity index (χ3v) is 2.35. The molecule has 1 aromatic heterocycles. The Labute approximate surface area is 106 Å². The molecule has 0 aliphatic rings. The first kappa shape index (κ1) is 14.5. The summed E-state index contributed by atoms with van der Waals surface area (Å²) in [5, 5.41) is 16.2. The standard InChI is InChI=1S/C11H20N4O3/c1-14(2)7-8(16)6-12-11(17)9-5-10(18-4)15(3)13-9/h5,8,16H,6-7H2,1-4H3,(H,12,17). The number of carbonyl (C=O) groups is 1. The second-order valence-corrected chi connectivity index (χ2v) is 4.32. The molecule has 18 heavy (non-hydrogen) atoms. The molecule has 0 aromatic carbocycles. The number of likely N-dealkylation sites (N-methyl/N-ethyl adjacent to an activating group) is 1. The lowest BCUT2D eigenvalue weighted by atomic mass is 10.3. The van der Waals surface area contributed by atoms with Gasteiger partial charge in [-0.1, -0.05) is 0 Å². The zero-order chi connectivity index (χ0) is 13.7. The van der Waals surface area contributed by atoms with Gasteiger partial charge in [0.25, 0.3) is 5.91 Å². The van der Waals surface area contributed by atoms with E-state index in [1.807, 2.05) is 19.0 Å². The monoisotopic (exact) mass is 256 g/mol. The summed E-state index contributed by atoms with van der Waals surface area (Å²) >= 11 is 0. The summed E-state index contributed by atoms with van der Waals surface area (Å²) in [4.78, 5) is 13.6. The van der Waals surface area contributed by atoms with Crippen LogP contribution < -0.4 is 10.1 Å². The molecule has 102 valence electrons. The lowest BCUT2D eigenvalue weighted by molar-refractivity contribution is 0.0887. The van der Waals surface area contributed by atoms with Gasteiger partial charge in [-0.25, -0.2) is 4.68 Å². The van der Waals surface area contributed by atoms with Crippen molar-refractivity contribution in [3.8, 4) is 5.88 Å². The molecule has 0 saturated carbocycles. The molecular formula is C11H20N4O3. The average molecular weight is 256 g/mol. The average Bonchev–Trinajstić information content (AvgIpc) is 2.66. The number of aryl methyl sites for hydroxylation is 1. The normalized spacial score (nSPS) is 12.6. The van der Waals surface area contributed by atoms with E-state index >= 15 is 0 Å². The molecule has 7 heteroatoms. The van der Waals surface area contributed by atoms with Crippen molar-refractivity contribution in [3.05, 3.63) is 11.8 Å². The number of aliphatic hydroxyl groups is 1. The molecule has 1 unspecified atom stereocenters. The Morgan fingerprint density at radius 3 is 2.83 bits per heavy atom. The summed E-state index contributed by atoms with van der Waals surface area (Å²) < 4.78 is 6.50. The van der Waals surface area contributed by atoms with Crippen LogP contribution in [0.5, 0.6) is 5.88 Å². The van der Waals surface area contributed by atoms with E-state index in [1.54, 1.807) is 13.1 Å². The molecule has 0 bridgehead atoms. The van der Waals surface area contributed by atoms with E-state index in [0.29, 0.717) is 12.4 Å². The van der Waals surface area contributed by atoms with E-state index < -0.39 is 6.10 Å². The Balaban J connectivity index is 2.50. The maximum absolute atomic E-state index is 11.7. The van der Waals surface area contributed by atoms with Gasteiger partial charge in [0, 0.05) is 26.2 Å². The van der Waals surface area contributed by atoms with Crippen molar-refractivity contribution in [1.29, 1.82) is 0 Å². The number of nitrogens with one attached hydrogen (secondary N) is 1. The highest BCUT2D eigenvalue weighted by atomic mass is 16.5. The van der Waals surface area contributed by atoms with E-state index in [9.17, 15) is 9.90 Å². The van der Waals surface area contributed by atoms with Crippen LogP contribution in [0.1, 0.15) is 10.5 Å². The van der Waals surface area contributed by atoms with Crippen molar-refractivity contribution in [2.45, 2.75) is 6.10 Å². The van der Waals surface area contributed by atoms with Crippen LogP contribution in [0.4, 0.5) is 0 Å². The maximum Gasteiger partial charge on any atom is 0.272 e. The Morgan fingerprint density at radius 2 is 2.33 bits per heavy atom. The van der Waals surface area contributed by atoms with Crippen molar-refractivity contribution >= 4 is 5.91 Å². The molecule has 0 saturated heterocycles. The van der Waals surface area contributed by atoms with E-state index in [1.165, 1.54) is 11.8 Å². The van der Waals surface area contributed by atoms with Gasteiger partial charge in [0.1, 0.15) is 0 Å². The predicted octanol–water partition coefficient (Wildman–Crippen LogP) is -0.919. The van der Waals surface area contributed by atoms with Crippen LogP contribution in [-0.2, 0) is 7.05 Å². The molecule has 1 atom stereocenters. The summed E-state index contributed by atoms with van der Waals surface area (Å²) in [6, 6.07) is 1.55. The third kappa shape index (κ3) is 4.01. The van der Waals surface area contributed by atoms with Crippen LogP contribution in [0, 0.1) is 0 Å². The first-order valence-electron chi connectivity index (χ1n) is 5.63. The van der Waals surface area contributed by atoms with Gasteiger partial charge in [0.05, 0.1) is 13.2 Å². The Bertz CT molecular complexity index is 403. The number of aromatic nitrogens is 2. The maximum atomic E-state index is 11.7. The number of hydrogen-bond acceptors (Lipinski definition) is 5. The number of aliphatic hydroxyl groups excluding tert-OH is 1. The van der Waals surface area contributed by atoms with Crippen molar-refractivity contribution in [2.75, 3.05) is 34.3 Å². The number of methoxy groups -OCH3 is 1. The molecule has 0 aliphatic carbocycles. The van der Waals surface area contributed by atoms with Gasteiger partial charge >= 0.3 is 0 Å². The molecule has 0 spiro atoms. The highest BCUT2D eigenvalue weighted by Crippen LogP contribution is 2.10. The van der Waals surface area contributed by atoms with Crippen molar-refractivity contribution in [3.63, 3.8) is 0 Å². The third-order valence-electron chi connectivity index (χ3n) is 2.35. The number of hydrogen-bond donors (Lipinski definition) is 2. The number of amides is 1. The van der Waals surface area contributed by atoms with Crippen LogP contribution >= 0.6 is 0 Å². The minimum Gasteiger partial charge on any atom is -0.481 e. The summed E-state index contributed by atoms with van der Waals surface area (Å²) in [7, 11) is 6.92. The molecule has 1 amide bonds. The summed E-state index contributed by atoms with van der Waals surface area (Å²) in [5.74, 6) is 0.181. The molecule has 2 N–H and O–H groups in total. The topological polar surface area (TPSA) is 79.6 Å². The Kier molecular flexibility index (Phi) is 5.11. The van der Waals surface area contributed by atoms with Gasteiger partial charge in [-0.05, 0) is 14.1 Å². The Morgan fingerprint density at radius 1 is 1.67 bits per heavy atom. The van der Waals surface area contributed by atoms with Gasteiger partial charge in [0.2, 0.25) is 5.88 Å². The summed E-state index contributed by atoms with van der Waals surface area (Å²) in [6.07, 6.45) is -0.602. The van der Waals surface area contributed by atoms with Crippen LogP contribution in [0.2, 0.25) is 0 Å². The summed E-state index contributed by atoms with van der Waals surface area (Å²) in [5.41, 5.74) is 0.270. The van der Waals surface area contributed by atoms with E-state index in [4.69, 9.17) is 4.74 Å². The van der Waals surface area contributed by atoms with Gasteiger partial charge in [0.15, 0.2) is 5.69 Å². The van der Waals surface area contributed by atoms with E-state index in [-0.39, 0.29) is 18.1 Å². The number of rotatable bonds is 6. The first-order chi connectivity index (χ1) is 8.43. The second-order valence-electron chi connectivity index (χ2n) is 4.32. The molecular weight excluding hydrogens is 236 g/mol. The van der Waals surface area contributed by atoms with Gasteiger partial charge in [-0.2, -0.15) is 5.10 Å². The fraction of sp³-hybridized carbons (Fsp3) is 0.636. The zero-order valence-corrected chi connectivity index (χ0v) is 11.2. The van der Waals surface area contributed by atoms with E-state index in [2.05, 4.69) is 10.4 Å².